The highest BCUT2D eigenvalue weighted by Gasteiger charge is 2.21. The van der Waals surface area contributed by atoms with Gasteiger partial charge in [0.05, 0.1) is 19.9 Å². The molecule has 1 amide bonds. The lowest BCUT2D eigenvalue weighted by Gasteiger charge is -2.12. The zero-order valence-corrected chi connectivity index (χ0v) is 17.7. The topological polar surface area (TPSA) is 74.0 Å². The van der Waals surface area contributed by atoms with E-state index in [0.29, 0.717) is 29.7 Å². The van der Waals surface area contributed by atoms with Crippen molar-refractivity contribution < 1.29 is 23.5 Å². The highest BCUT2D eigenvalue weighted by atomic mass is 16.7. The van der Waals surface area contributed by atoms with Gasteiger partial charge in [0, 0.05) is 31.5 Å². The summed E-state index contributed by atoms with van der Waals surface area (Å²) in [5.41, 5.74) is 0.834. The van der Waals surface area contributed by atoms with Gasteiger partial charge in [-0.2, -0.15) is 0 Å². The van der Waals surface area contributed by atoms with E-state index in [1.165, 1.54) is 25.0 Å². The van der Waals surface area contributed by atoms with Crippen LogP contribution in [-0.2, 0) is 16.1 Å². The molecule has 0 spiro atoms. The van der Waals surface area contributed by atoms with Gasteiger partial charge in [-0.25, -0.2) is 10.0 Å². The zero-order chi connectivity index (χ0) is 21.6. The van der Waals surface area contributed by atoms with Crippen LogP contribution in [0.4, 0.5) is 0 Å². The zero-order valence-electron chi connectivity index (χ0n) is 17.7. The van der Waals surface area contributed by atoms with E-state index in [0.717, 1.165) is 23.7 Å². The van der Waals surface area contributed by atoms with Crippen LogP contribution in [0.2, 0.25) is 0 Å². The number of hydrogen-bond acceptors (Lipinski definition) is 6. The van der Waals surface area contributed by atoms with E-state index in [1.54, 1.807) is 13.2 Å². The van der Waals surface area contributed by atoms with E-state index in [2.05, 4.69) is 4.98 Å². The summed E-state index contributed by atoms with van der Waals surface area (Å²) in [5.74, 6) is 4.00. The maximum Gasteiger partial charge on any atom is 0.246 e. The first-order valence-electron chi connectivity index (χ1n) is 10.4. The SMILES string of the molecule is CON(C)C(=O)CCc1cnc(-c2ccc(Oc3cccc(OCC4CC4)c3)cc2)o1. The van der Waals surface area contributed by atoms with Gasteiger partial charge in [0.1, 0.15) is 23.0 Å². The van der Waals surface area contributed by atoms with E-state index in [1.807, 2.05) is 48.5 Å². The number of amides is 1. The molecule has 1 aliphatic rings. The number of rotatable bonds is 10. The fraction of sp³-hybridized carbons (Fsp3) is 0.333. The Labute approximate surface area is 181 Å². The molecule has 3 aromatic rings. The smallest absolute Gasteiger partial charge is 0.246 e. The minimum atomic E-state index is -0.121. The van der Waals surface area contributed by atoms with Crippen LogP contribution in [0.15, 0.2) is 59.1 Å². The predicted octanol–water partition coefficient (Wildman–Crippen LogP) is 4.88. The van der Waals surface area contributed by atoms with Crippen molar-refractivity contribution in [2.75, 3.05) is 20.8 Å². The number of carbonyl (C=O) groups excluding carboxylic acids is 1. The minimum absolute atomic E-state index is 0.121. The van der Waals surface area contributed by atoms with Crippen LogP contribution in [0.3, 0.4) is 0 Å². The Morgan fingerprint density at radius 1 is 1.13 bits per heavy atom. The number of carbonyl (C=O) groups is 1. The maximum absolute atomic E-state index is 11.8. The summed E-state index contributed by atoms with van der Waals surface area (Å²) in [7, 11) is 3.03. The third kappa shape index (κ3) is 5.86. The summed E-state index contributed by atoms with van der Waals surface area (Å²) < 4.78 is 17.5. The van der Waals surface area contributed by atoms with Gasteiger partial charge >= 0.3 is 0 Å². The van der Waals surface area contributed by atoms with Crippen LogP contribution in [0, 0.1) is 5.92 Å². The number of benzene rings is 2. The Morgan fingerprint density at radius 3 is 2.65 bits per heavy atom. The summed E-state index contributed by atoms with van der Waals surface area (Å²) >= 11 is 0. The molecule has 7 nitrogen and oxygen atoms in total. The number of ether oxygens (including phenoxy) is 2. The average Bonchev–Trinajstić information content (AvgIpc) is 3.51. The second-order valence-corrected chi connectivity index (χ2v) is 7.56. The summed E-state index contributed by atoms with van der Waals surface area (Å²) in [4.78, 5) is 21.0. The van der Waals surface area contributed by atoms with Crippen molar-refractivity contribution in [2.24, 2.45) is 5.92 Å². The van der Waals surface area contributed by atoms with E-state index >= 15 is 0 Å². The molecule has 0 N–H and O–H groups in total. The summed E-state index contributed by atoms with van der Waals surface area (Å²) in [6, 6.07) is 15.2. The molecule has 0 atom stereocenters. The first-order valence-corrected chi connectivity index (χ1v) is 10.4. The van der Waals surface area contributed by atoms with Crippen molar-refractivity contribution in [3.8, 4) is 28.7 Å². The summed E-state index contributed by atoms with van der Waals surface area (Å²) in [5, 5.41) is 1.20. The highest BCUT2D eigenvalue weighted by molar-refractivity contribution is 5.74. The van der Waals surface area contributed by atoms with Crippen LogP contribution in [0.1, 0.15) is 25.0 Å². The van der Waals surface area contributed by atoms with Gasteiger partial charge < -0.3 is 13.9 Å². The first-order chi connectivity index (χ1) is 15.1. The van der Waals surface area contributed by atoms with Crippen LogP contribution >= 0.6 is 0 Å². The standard InChI is InChI=1S/C24H26N2O5/c1-26(28-2)23(27)13-12-22-15-25-24(31-22)18-8-10-19(11-9-18)30-21-5-3-4-20(14-21)29-16-17-6-7-17/h3-5,8-11,14-15,17H,6-7,12-13,16H2,1-2H3. The molecule has 1 aliphatic carbocycles. The Hall–Kier alpha value is -3.32. The lowest BCUT2D eigenvalue weighted by Crippen LogP contribution is -2.25. The molecule has 162 valence electrons. The van der Waals surface area contributed by atoms with E-state index in [9.17, 15) is 4.79 Å². The Kier molecular flexibility index (Phi) is 6.52. The minimum Gasteiger partial charge on any atom is -0.493 e. The quantitative estimate of drug-likeness (QED) is 0.434. The lowest BCUT2D eigenvalue weighted by atomic mass is 10.2. The molecule has 1 heterocycles. The summed E-state index contributed by atoms with van der Waals surface area (Å²) in [6.45, 7) is 0.771. The van der Waals surface area contributed by atoms with Gasteiger partial charge in [0.15, 0.2) is 0 Å². The molecule has 31 heavy (non-hydrogen) atoms. The molecule has 0 unspecified atom stereocenters. The van der Waals surface area contributed by atoms with Crippen LogP contribution in [0.5, 0.6) is 17.2 Å². The van der Waals surface area contributed by atoms with Crippen molar-refractivity contribution in [3.05, 3.63) is 60.5 Å². The van der Waals surface area contributed by atoms with Gasteiger partial charge in [0.2, 0.25) is 11.8 Å². The molecule has 1 saturated carbocycles. The number of hydroxylamine groups is 2. The number of nitrogens with zero attached hydrogens (tertiary/aromatic N) is 2. The second-order valence-electron chi connectivity index (χ2n) is 7.56. The number of hydrogen-bond donors (Lipinski definition) is 0. The average molecular weight is 422 g/mol. The monoisotopic (exact) mass is 422 g/mol. The maximum atomic E-state index is 11.8. The van der Waals surface area contributed by atoms with Gasteiger partial charge in [-0.3, -0.25) is 9.63 Å². The van der Waals surface area contributed by atoms with Crippen molar-refractivity contribution in [2.45, 2.75) is 25.7 Å². The molecule has 7 heteroatoms. The normalized spacial score (nSPS) is 13.1. The molecule has 4 rings (SSSR count). The molecule has 0 saturated heterocycles. The molecule has 1 aromatic heterocycles. The summed E-state index contributed by atoms with van der Waals surface area (Å²) in [6.07, 6.45) is 4.91. The molecular formula is C24H26N2O5. The Bertz CT molecular complexity index is 1010. The van der Waals surface area contributed by atoms with Gasteiger partial charge in [-0.05, 0) is 55.2 Å². The number of aromatic nitrogens is 1. The van der Waals surface area contributed by atoms with E-state index in [-0.39, 0.29) is 12.3 Å². The van der Waals surface area contributed by atoms with Crippen molar-refractivity contribution in [1.82, 2.24) is 10.0 Å². The van der Waals surface area contributed by atoms with Crippen molar-refractivity contribution in [1.29, 1.82) is 0 Å². The lowest BCUT2D eigenvalue weighted by molar-refractivity contribution is -0.168. The fourth-order valence-electron chi connectivity index (χ4n) is 2.97. The van der Waals surface area contributed by atoms with E-state index in [4.69, 9.17) is 18.7 Å². The van der Waals surface area contributed by atoms with Crippen molar-refractivity contribution in [3.63, 3.8) is 0 Å². The fourth-order valence-corrected chi connectivity index (χ4v) is 2.97. The van der Waals surface area contributed by atoms with Crippen LogP contribution < -0.4 is 9.47 Å². The van der Waals surface area contributed by atoms with Crippen LogP contribution in [0.25, 0.3) is 11.5 Å². The molecule has 0 radical (unpaired) electrons. The van der Waals surface area contributed by atoms with E-state index < -0.39 is 0 Å². The van der Waals surface area contributed by atoms with Crippen molar-refractivity contribution >= 4 is 5.91 Å². The molecule has 0 bridgehead atoms. The largest absolute Gasteiger partial charge is 0.493 e. The predicted molar refractivity (Wildman–Crippen MR) is 115 cm³/mol. The van der Waals surface area contributed by atoms with Crippen LogP contribution in [-0.4, -0.2) is 36.7 Å². The second kappa shape index (κ2) is 9.66. The first kappa shape index (κ1) is 20.9. The third-order valence-electron chi connectivity index (χ3n) is 5.09. The molecular weight excluding hydrogens is 396 g/mol. The van der Waals surface area contributed by atoms with Gasteiger partial charge in [-0.1, -0.05) is 6.07 Å². The molecule has 1 fully saturated rings. The Morgan fingerprint density at radius 2 is 1.90 bits per heavy atom. The molecule has 2 aromatic carbocycles. The van der Waals surface area contributed by atoms with Gasteiger partial charge in [-0.15, -0.1) is 0 Å². The van der Waals surface area contributed by atoms with Gasteiger partial charge in [0.25, 0.3) is 0 Å². The highest BCUT2D eigenvalue weighted by Crippen LogP contribution is 2.31. The third-order valence-corrected chi connectivity index (χ3v) is 5.09. The Balaban J connectivity index is 1.33. The number of aryl methyl sites for hydroxylation is 1. The number of oxazole rings is 1. The molecule has 0 aliphatic heterocycles.